The van der Waals surface area contributed by atoms with Crippen molar-refractivity contribution in [3.8, 4) is 11.1 Å². The fraction of sp³-hybridized carbons (Fsp3) is 0.381. The van der Waals surface area contributed by atoms with Gasteiger partial charge in [0.2, 0.25) is 0 Å². The molecule has 0 spiro atoms. The Kier molecular flexibility index (Phi) is 4.72. The summed E-state index contributed by atoms with van der Waals surface area (Å²) >= 11 is 0. The Morgan fingerprint density at radius 1 is 1.17 bits per heavy atom. The van der Waals surface area contributed by atoms with E-state index >= 15 is 0 Å². The van der Waals surface area contributed by atoms with Crippen molar-refractivity contribution in [1.82, 2.24) is 5.32 Å². The van der Waals surface area contributed by atoms with Gasteiger partial charge in [-0.3, -0.25) is 4.79 Å². The number of carbonyl (C=O) groups is 1. The molecule has 1 aliphatic heterocycles. The molecule has 2 aromatic carbocycles. The van der Waals surface area contributed by atoms with Crippen LogP contribution in [-0.2, 0) is 4.74 Å². The average Bonchev–Trinajstić information content (AvgIpc) is 2.58. The summed E-state index contributed by atoms with van der Waals surface area (Å²) in [6.45, 7) is 8.60. The van der Waals surface area contributed by atoms with Crippen molar-refractivity contribution in [2.45, 2.75) is 26.7 Å². The fourth-order valence-corrected chi connectivity index (χ4v) is 3.04. The summed E-state index contributed by atoms with van der Waals surface area (Å²) in [4.78, 5) is 12.5. The van der Waals surface area contributed by atoms with E-state index in [1.54, 1.807) is 0 Å². The lowest BCUT2D eigenvalue weighted by Crippen LogP contribution is -2.48. The molecule has 0 unspecified atom stereocenters. The van der Waals surface area contributed by atoms with Crippen LogP contribution in [0.1, 0.15) is 42.6 Å². The molecular weight excluding hydrogens is 298 g/mol. The van der Waals surface area contributed by atoms with Gasteiger partial charge in [-0.05, 0) is 34.7 Å². The molecule has 1 amide bonds. The van der Waals surface area contributed by atoms with Crippen LogP contribution in [0.25, 0.3) is 11.1 Å². The van der Waals surface area contributed by atoms with Gasteiger partial charge in [-0.2, -0.15) is 0 Å². The van der Waals surface area contributed by atoms with Crippen LogP contribution >= 0.6 is 0 Å². The van der Waals surface area contributed by atoms with Gasteiger partial charge >= 0.3 is 0 Å². The minimum atomic E-state index is -0.0213. The first-order chi connectivity index (χ1) is 11.5. The Morgan fingerprint density at radius 2 is 1.92 bits per heavy atom. The number of ether oxygens (including phenoxy) is 1. The van der Waals surface area contributed by atoms with E-state index in [1.807, 2.05) is 24.3 Å². The summed E-state index contributed by atoms with van der Waals surface area (Å²) in [5, 5.41) is 3.04. The van der Waals surface area contributed by atoms with Crippen molar-refractivity contribution in [2.24, 2.45) is 5.41 Å². The molecule has 1 fully saturated rings. The van der Waals surface area contributed by atoms with Crippen LogP contribution in [0.2, 0.25) is 0 Å². The highest BCUT2D eigenvalue weighted by molar-refractivity contribution is 5.95. The largest absolute Gasteiger partial charge is 0.380 e. The Balaban J connectivity index is 1.80. The highest BCUT2D eigenvalue weighted by Crippen LogP contribution is 2.30. The van der Waals surface area contributed by atoms with Gasteiger partial charge in [-0.25, -0.2) is 0 Å². The van der Waals surface area contributed by atoms with Gasteiger partial charge in [-0.15, -0.1) is 0 Å². The van der Waals surface area contributed by atoms with Gasteiger partial charge in [0.25, 0.3) is 5.91 Å². The van der Waals surface area contributed by atoms with Crippen LogP contribution in [0.4, 0.5) is 0 Å². The third-order valence-corrected chi connectivity index (χ3v) is 4.60. The zero-order valence-electron chi connectivity index (χ0n) is 14.6. The smallest absolute Gasteiger partial charge is 0.251 e. The highest BCUT2D eigenvalue weighted by Gasteiger charge is 2.33. The summed E-state index contributed by atoms with van der Waals surface area (Å²) < 4.78 is 5.24. The van der Waals surface area contributed by atoms with E-state index in [2.05, 4.69) is 50.4 Å². The van der Waals surface area contributed by atoms with E-state index in [-0.39, 0.29) is 11.3 Å². The first kappa shape index (κ1) is 16.7. The maximum absolute atomic E-state index is 12.5. The predicted octanol–water partition coefficient (Wildman–Crippen LogP) is 4.24. The molecule has 126 valence electrons. The molecule has 0 bridgehead atoms. The maximum atomic E-state index is 12.5. The van der Waals surface area contributed by atoms with Crippen LogP contribution < -0.4 is 5.32 Å². The van der Waals surface area contributed by atoms with Crippen molar-refractivity contribution in [3.63, 3.8) is 0 Å². The van der Waals surface area contributed by atoms with Crippen molar-refractivity contribution >= 4 is 5.91 Å². The number of hydrogen-bond acceptors (Lipinski definition) is 2. The monoisotopic (exact) mass is 323 g/mol. The molecule has 1 heterocycles. The molecule has 2 aromatic rings. The van der Waals surface area contributed by atoms with Gasteiger partial charge in [0.1, 0.15) is 0 Å². The first-order valence-corrected chi connectivity index (χ1v) is 8.54. The lowest BCUT2D eigenvalue weighted by molar-refractivity contribution is -0.0978. The Morgan fingerprint density at radius 3 is 2.58 bits per heavy atom. The molecule has 0 atom stereocenters. The van der Waals surface area contributed by atoms with E-state index in [0.29, 0.717) is 18.0 Å². The van der Waals surface area contributed by atoms with E-state index < -0.39 is 0 Å². The van der Waals surface area contributed by atoms with E-state index in [0.717, 1.165) is 18.8 Å². The standard InChI is InChI=1S/C21H25NO2/c1-15(2)18-9-4-5-10-19(18)16-7-6-8-17(11-16)20(23)22-12-21(3)13-24-14-21/h4-11,15H,12-14H2,1-3H3,(H,22,23). The number of rotatable bonds is 5. The van der Waals surface area contributed by atoms with Gasteiger partial charge < -0.3 is 10.1 Å². The zero-order chi connectivity index (χ0) is 17.2. The second kappa shape index (κ2) is 6.78. The minimum Gasteiger partial charge on any atom is -0.380 e. The van der Waals surface area contributed by atoms with Crippen molar-refractivity contribution < 1.29 is 9.53 Å². The lowest BCUT2D eigenvalue weighted by Gasteiger charge is -2.38. The summed E-state index contributed by atoms with van der Waals surface area (Å²) in [7, 11) is 0. The summed E-state index contributed by atoms with van der Waals surface area (Å²) in [6.07, 6.45) is 0. The van der Waals surface area contributed by atoms with E-state index in [9.17, 15) is 4.79 Å². The molecule has 3 rings (SSSR count). The molecule has 1 aliphatic rings. The Labute approximate surface area is 144 Å². The van der Waals surface area contributed by atoms with Crippen LogP contribution in [-0.4, -0.2) is 25.7 Å². The van der Waals surface area contributed by atoms with Crippen LogP contribution in [0, 0.1) is 5.41 Å². The number of benzene rings is 2. The quantitative estimate of drug-likeness (QED) is 0.893. The molecular formula is C21H25NO2. The molecule has 24 heavy (non-hydrogen) atoms. The van der Waals surface area contributed by atoms with Crippen LogP contribution in [0.15, 0.2) is 48.5 Å². The normalized spacial score (nSPS) is 15.8. The molecule has 0 saturated carbocycles. The molecule has 3 nitrogen and oxygen atoms in total. The van der Waals surface area contributed by atoms with Crippen molar-refractivity contribution in [1.29, 1.82) is 0 Å². The van der Waals surface area contributed by atoms with Crippen molar-refractivity contribution in [3.05, 3.63) is 59.7 Å². The van der Waals surface area contributed by atoms with Gasteiger partial charge in [0, 0.05) is 17.5 Å². The second-order valence-corrected chi connectivity index (χ2v) is 7.31. The fourth-order valence-electron chi connectivity index (χ4n) is 3.04. The summed E-state index contributed by atoms with van der Waals surface area (Å²) in [6, 6.07) is 16.3. The summed E-state index contributed by atoms with van der Waals surface area (Å²) in [5.74, 6) is 0.421. The molecule has 0 aromatic heterocycles. The molecule has 1 N–H and O–H groups in total. The van der Waals surface area contributed by atoms with Crippen LogP contribution in [0.5, 0.6) is 0 Å². The third-order valence-electron chi connectivity index (χ3n) is 4.60. The third kappa shape index (κ3) is 3.51. The molecule has 3 heteroatoms. The van der Waals surface area contributed by atoms with Gasteiger partial charge in [-0.1, -0.05) is 57.2 Å². The minimum absolute atomic E-state index is 0.0213. The zero-order valence-corrected chi connectivity index (χ0v) is 14.6. The Bertz CT molecular complexity index is 732. The topological polar surface area (TPSA) is 38.3 Å². The number of hydrogen-bond donors (Lipinski definition) is 1. The number of amides is 1. The second-order valence-electron chi connectivity index (χ2n) is 7.31. The maximum Gasteiger partial charge on any atom is 0.251 e. The Hall–Kier alpha value is -2.13. The molecule has 0 aliphatic carbocycles. The highest BCUT2D eigenvalue weighted by atomic mass is 16.5. The first-order valence-electron chi connectivity index (χ1n) is 8.54. The molecule has 0 radical (unpaired) electrons. The SMILES string of the molecule is CC(C)c1ccccc1-c1cccc(C(=O)NCC2(C)COC2)c1. The van der Waals surface area contributed by atoms with Crippen LogP contribution in [0.3, 0.4) is 0 Å². The van der Waals surface area contributed by atoms with E-state index in [4.69, 9.17) is 4.74 Å². The van der Waals surface area contributed by atoms with Gasteiger partial charge in [0.05, 0.1) is 13.2 Å². The summed E-state index contributed by atoms with van der Waals surface area (Å²) in [5.41, 5.74) is 4.37. The number of nitrogens with one attached hydrogen (secondary N) is 1. The van der Waals surface area contributed by atoms with Crippen molar-refractivity contribution in [2.75, 3.05) is 19.8 Å². The number of carbonyl (C=O) groups excluding carboxylic acids is 1. The average molecular weight is 323 g/mol. The lowest BCUT2D eigenvalue weighted by atomic mass is 9.88. The van der Waals surface area contributed by atoms with E-state index in [1.165, 1.54) is 11.1 Å². The molecule has 1 saturated heterocycles. The van der Waals surface area contributed by atoms with Gasteiger partial charge in [0.15, 0.2) is 0 Å². The predicted molar refractivity (Wildman–Crippen MR) is 97.2 cm³/mol.